The van der Waals surface area contributed by atoms with E-state index in [1.807, 2.05) is 34.5 Å². The number of aromatic nitrogens is 1. The molecule has 4 rings (SSSR count). The van der Waals surface area contributed by atoms with Crippen LogP contribution in [0, 0.1) is 11.2 Å². The highest BCUT2D eigenvalue weighted by molar-refractivity contribution is 7.11. The summed E-state index contributed by atoms with van der Waals surface area (Å²) >= 11 is 7.28. The van der Waals surface area contributed by atoms with Gasteiger partial charge in [-0.2, -0.15) is 0 Å². The maximum Gasteiger partial charge on any atom is 0.135 e. The molecule has 0 atom stereocenters. The van der Waals surface area contributed by atoms with Gasteiger partial charge in [0.2, 0.25) is 0 Å². The van der Waals surface area contributed by atoms with Gasteiger partial charge in [-0.1, -0.05) is 23.7 Å². The van der Waals surface area contributed by atoms with Crippen LogP contribution < -0.4 is 0 Å². The van der Waals surface area contributed by atoms with Crippen LogP contribution in [0.3, 0.4) is 0 Å². The summed E-state index contributed by atoms with van der Waals surface area (Å²) < 4.78 is 13.1. The molecule has 28 heavy (non-hydrogen) atoms. The van der Waals surface area contributed by atoms with Crippen LogP contribution in [0.15, 0.2) is 59.7 Å². The lowest BCUT2D eigenvalue weighted by Gasteiger charge is -2.18. The fourth-order valence-electron chi connectivity index (χ4n) is 3.11. The molecule has 2 heterocycles. The zero-order valence-electron chi connectivity index (χ0n) is 14.8. The van der Waals surface area contributed by atoms with E-state index in [2.05, 4.69) is 4.98 Å². The lowest BCUT2D eigenvalue weighted by Crippen LogP contribution is -2.28. The van der Waals surface area contributed by atoms with Gasteiger partial charge in [-0.25, -0.2) is 9.37 Å². The molecule has 4 nitrogen and oxygen atoms in total. The molecule has 2 aromatic carbocycles. The Hall–Kier alpha value is -2.70. The average molecular weight is 414 g/mol. The quantitative estimate of drug-likeness (QED) is 0.588. The third-order valence-electron chi connectivity index (χ3n) is 4.62. The predicted molar refractivity (Wildman–Crippen MR) is 112 cm³/mol. The Morgan fingerprint density at radius 1 is 1.14 bits per heavy atom. The minimum atomic E-state index is -0.298. The number of hydrogen-bond donors (Lipinski definition) is 2. The van der Waals surface area contributed by atoms with Crippen LogP contribution in [0.5, 0.6) is 0 Å². The van der Waals surface area contributed by atoms with Gasteiger partial charge in [0.05, 0.1) is 17.8 Å². The standard InChI is InChI=1S/C21H17ClFN3OS/c22-15-5-1-13(2-6-15)9-10-26-11-18(27)19(20(26)24)21-25-17(12-28-21)14-3-7-16(23)8-4-14/h1-8,12,24,27H,9-11H2. The molecule has 2 N–H and O–H groups in total. The Kier molecular flexibility index (Phi) is 5.15. The molecular weight excluding hydrogens is 397 g/mol. The van der Waals surface area contributed by atoms with Crippen LogP contribution in [0.4, 0.5) is 4.39 Å². The van der Waals surface area contributed by atoms with Crippen LogP contribution in [-0.2, 0) is 6.42 Å². The summed E-state index contributed by atoms with van der Waals surface area (Å²) in [6.07, 6.45) is 0.749. The summed E-state index contributed by atoms with van der Waals surface area (Å²) in [5, 5.41) is 22.0. The molecule has 1 aromatic heterocycles. The second kappa shape index (κ2) is 7.73. The number of hydrogen-bond acceptors (Lipinski definition) is 4. The molecule has 0 fully saturated rings. The highest BCUT2D eigenvalue weighted by Gasteiger charge is 2.30. The summed E-state index contributed by atoms with van der Waals surface area (Å²) in [4.78, 5) is 6.38. The topological polar surface area (TPSA) is 60.2 Å². The van der Waals surface area contributed by atoms with Crippen molar-refractivity contribution in [1.29, 1.82) is 5.41 Å². The predicted octanol–water partition coefficient (Wildman–Crippen LogP) is 5.41. The molecule has 0 unspecified atom stereocenters. The van der Waals surface area contributed by atoms with Crippen molar-refractivity contribution < 1.29 is 9.50 Å². The highest BCUT2D eigenvalue weighted by Crippen LogP contribution is 2.32. The van der Waals surface area contributed by atoms with Crippen molar-refractivity contribution in [3.8, 4) is 11.3 Å². The number of nitrogens with zero attached hydrogens (tertiary/aromatic N) is 2. The SMILES string of the molecule is N=C1C(c2nc(-c3ccc(F)cc3)cs2)=C(O)CN1CCc1ccc(Cl)cc1. The van der Waals surface area contributed by atoms with E-state index >= 15 is 0 Å². The lowest BCUT2D eigenvalue weighted by molar-refractivity contribution is 0.351. The first-order valence-corrected chi connectivity index (χ1v) is 9.99. The summed E-state index contributed by atoms with van der Waals surface area (Å²) in [5.74, 6) is 0.126. The van der Waals surface area contributed by atoms with Crippen LogP contribution in [-0.4, -0.2) is 33.9 Å². The van der Waals surface area contributed by atoms with Crippen molar-refractivity contribution in [2.24, 2.45) is 0 Å². The minimum Gasteiger partial charge on any atom is -0.510 e. The molecular formula is C21H17ClFN3OS. The minimum absolute atomic E-state index is 0.154. The molecule has 0 saturated carbocycles. The van der Waals surface area contributed by atoms with Crippen molar-refractivity contribution in [3.63, 3.8) is 0 Å². The Balaban J connectivity index is 1.48. The summed E-state index contributed by atoms with van der Waals surface area (Å²) in [6.45, 7) is 0.914. The monoisotopic (exact) mass is 413 g/mol. The Labute approximate surface area is 171 Å². The van der Waals surface area contributed by atoms with Crippen LogP contribution in [0.25, 0.3) is 16.8 Å². The first-order valence-electron chi connectivity index (χ1n) is 8.73. The van der Waals surface area contributed by atoms with E-state index in [4.69, 9.17) is 17.0 Å². The van der Waals surface area contributed by atoms with Crippen LogP contribution >= 0.6 is 22.9 Å². The van der Waals surface area contributed by atoms with Gasteiger partial charge in [0.1, 0.15) is 22.4 Å². The van der Waals surface area contributed by atoms with Crippen molar-refractivity contribution in [1.82, 2.24) is 9.88 Å². The van der Waals surface area contributed by atoms with Gasteiger partial charge in [-0.15, -0.1) is 11.3 Å². The number of aliphatic hydroxyl groups excluding tert-OH is 1. The van der Waals surface area contributed by atoms with E-state index < -0.39 is 0 Å². The van der Waals surface area contributed by atoms with E-state index in [0.717, 1.165) is 17.5 Å². The average Bonchev–Trinajstić information content (AvgIpc) is 3.26. The number of rotatable bonds is 5. The van der Waals surface area contributed by atoms with Gasteiger partial charge < -0.3 is 10.0 Å². The normalized spacial score (nSPS) is 14.2. The molecule has 3 aromatic rings. The van der Waals surface area contributed by atoms with Gasteiger partial charge in [-0.3, -0.25) is 5.41 Å². The molecule has 0 spiro atoms. The number of nitrogens with one attached hydrogen (secondary N) is 1. The number of benzene rings is 2. The van der Waals surface area contributed by atoms with Gasteiger partial charge in [0.15, 0.2) is 0 Å². The van der Waals surface area contributed by atoms with E-state index in [-0.39, 0.29) is 17.4 Å². The van der Waals surface area contributed by atoms with E-state index in [1.165, 1.54) is 23.5 Å². The van der Waals surface area contributed by atoms with Crippen molar-refractivity contribution in [3.05, 3.63) is 81.1 Å². The van der Waals surface area contributed by atoms with Crippen LogP contribution in [0.2, 0.25) is 5.02 Å². The maximum absolute atomic E-state index is 13.1. The molecule has 1 aliphatic heterocycles. The smallest absolute Gasteiger partial charge is 0.135 e. The zero-order valence-corrected chi connectivity index (χ0v) is 16.4. The molecule has 0 amide bonds. The van der Waals surface area contributed by atoms with E-state index in [0.29, 0.717) is 34.4 Å². The fourth-order valence-corrected chi connectivity index (χ4v) is 4.13. The van der Waals surface area contributed by atoms with Gasteiger partial charge >= 0.3 is 0 Å². The zero-order chi connectivity index (χ0) is 19.7. The number of aliphatic hydroxyl groups is 1. The lowest BCUT2D eigenvalue weighted by atomic mass is 10.1. The second-order valence-electron chi connectivity index (χ2n) is 6.51. The first-order chi connectivity index (χ1) is 13.5. The molecule has 0 aliphatic carbocycles. The van der Waals surface area contributed by atoms with Crippen LogP contribution in [0.1, 0.15) is 10.6 Å². The van der Waals surface area contributed by atoms with Gasteiger partial charge in [0, 0.05) is 22.5 Å². The molecule has 0 radical (unpaired) electrons. The summed E-state index contributed by atoms with van der Waals surface area (Å²) in [6, 6.07) is 13.7. The second-order valence-corrected chi connectivity index (χ2v) is 7.81. The van der Waals surface area contributed by atoms with E-state index in [1.54, 1.807) is 12.1 Å². The molecule has 0 saturated heterocycles. The molecule has 7 heteroatoms. The van der Waals surface area contributed by atoms with Crippen molar-refractivity contribution in [2.45, 2.75) is 6.42 Å². The van der Waals surface area contributed by atoms with E-state index in [9.17, 15) is 9.50 Å². The number of thiazole rings is 1. The fraction of sp³-hybridized carbons (Fsp3) is 0.143. The molecule has 142 valence electrons. The summed E-state index contributed by atoms with van der Waals surface area (Å²) in [7, 11) is 0. The maximum atomic E-state index is 13.1. The number of amidine groups is 1. The summed E-state index contributed by atoms with van der Waals surface area (Å²) in [5.41, 5.74) is 3.09. The third kappa shape index (κ3) is 3.79. The highest BCUT2D eigenvalue weighted by atomic mass is 35.5. The van der Waals surface area contributed by atoms with Gasteiger partial charge in [-0.05, 0) is 48.4 Å². The Bertz CT molecular complexity index is 1040. The van der Waals surface area contributed by atoms with Crippen molar-refractivity contribution in [2.75, 3.05) is 13.1 Å². The van der Waals surface area contributed by atoms with Gasteiger partial charge in [0.25, 0.3) is 0 Å². The number of halogens is 2. The third-order valence-corrected chi connectivity index (χ3v) is 5.74. The molecule has 0 bridgehead atoms. The molecule has 1 aliphatic rings. The Morgan fingerprint density at radius 3 is 2.57 bits per heavy atom. The van der Waals surface area contributed by atoms with Crippen molar-refractivity contribution >= 4 is 34.3 Å². The first kappa shape index (κ1) is 18.7. The largest absolute Gasteiger partial charge is 0.510 e. The Morgan fingerprint density at radius 2 is 1.86 bits per heavy atom.